The summed E-state index contributed by atoms with van der Waals surface area (Å²) >= 11 is 0. The maximum atomic E-state index is 12.5. The molecule has 10 nitrogen and oxygen atoms in total. The second kappa shape index (κ2) is 8.40. The number of fused-ring (bicyclic) bond motifs is 1. The Morgan fingerprint density at radius 1 is 1.00 bits per heavy atom. The van der Waals surface area contributed by atoms with E-state index in [4.69, 9.17) is 5.73 Å². The van der Waals surface area contributed by atoms with Crippen molar-refractivity contribution in [3.63, 3.8) is 0 Å². The summed E-state index contributed by atoms with van der Waals surface area (Å²) in [7, 11) is 0. The first kappa shape index (κ1) is 19.8. The van der Waals surface area contributed by atoms with Crippen LogP contribution in [0.4, 0.5) is 0 Å². The SMILES string of the molecule is NC(=O)c1ccc(C(=O)NC[C@H](CO)NC(=O)c2cccc3[nH]c(=O)[nH]c23)cc1. The first-order valence-corrected chi connectivity index (χ1v) is 8.70. The van der Waals surface area contributed by atoms with Gasteiger partial charge in [-0.2, -0.15) is 0 Å². The lowest BCUT2D eigenvalue weighted by atomic mass is 10.1. The summed E-state index contributed by atoms with van der Waals surface area (Å²) in [6.07, 6.45) is 0. The zero-order valence-electron chi connectivity index (χ0n) is 15.2. The molecule has 150 valence electrons. The van der Waals surface area contributed by atoms with E-state index < -0.39 is 36.1 Å². The molecule has 0 bridgehead atoms. The third-order valence-corrected chi connectivity index (χ3v) is 4.29. The van der Waals surface area contributed by atoms with Gasteiger partial charge in [0.05, 0.1) is 29.2 Å². The summed E-state index contributed by atoms with van der Waals surface area (Å²) < 4.78 is 0. The topological polar surface area (TPSA) is 170 Å². The fourth-order valence-corrected chi connectivity index (χ4v) is 2.78. The highest BCUT2D eigenvalue weighted by Gasteiger charge is 2.17. The van der Waals surface area contributed by atoms with Crippen LogP contribution in [0.2, 0.25) is 0 Å². The van der Waals surface area contributed by atoms with Crippen molar-refractivity contribution in [3.8, 4) is 0 Å². The molecule has 29 heavy (non-hydrogen) atoms. The van der Waals surface area contributed by atoms with Gasteiger partial charge in [0.1, 0.15) is 0 Å². The molecule has 0 spiro atoms. The molecule has 0 aliphatic carbocycles. The molecular formula is C19H19N5O5. The average molecular weight is 397 g/mol. The molecule has 0 unspecified atom stereocenters. The third-order valence-electron chi connectivity index (χ3n) is 4.29. The predicted octanol–water partition coefficient (Wildman–Crippen LogP) is -0.524. The Bertz CT molecular complexity index is 1120. The number of primary amides is 1. The van der Waals surface area contributed by atoms with Crippen LogP contribution in [0.5, 0.6) is 0 Å². The smallest absolute Gasteiger partial charge is 0.323 e. The largest absolute Gasteiger partial charge is 0.394 e. The van der Waals surface area contributed by atoms with Gasteiger partial charge in [-0.05, 0) is 36.4 Å². The van der Waals surface area contributed by atoms with E-state index in [0.29, 0.717) is 16.6 Å². The number of imidazole rings is 1. The lowest BCUT2D eigenvalue weighted by molar-refractivity contribution is 0.0888. The molecule has 0 saturated heterocycles. The minimum Gasteiger partial charge on any atom is -0.394 e. The summed E-state index contributed by atoms with van der Waals surface area (Å²) in [5.74, 6) is -1.55. The molecule has 0 saturated carbocycles. The van der Waals surface area contributed by atoms with Gasteiger partial charge in [-0.3, -0.25) is 14.4 Å². The van der Waals surface area contributed by atoms with Crippen molar-refractivity contribution < 1.29 is 19.5 Å². The Kier molecular flexibility index (Phi) is 5.74. The predicted molar refractivity (Wildman–Crippen MR) is 105 cm³/mol. The number of benzene rings is 2. The fraction of sp³-hybridized carbons (Fsp3) is 0.158. The summed E-state index contributed by atoms with van der Waals surface area (Å²) in [5, 5.41) is 14.8. The molecular weight excluding hydrogens is 378 g/mol. The van der Waals surface area contributed by atoms with Crippen molar-refractivity contribution in [1.29, 1.82) is 0 Å². The number of rotatable bonds is 7. The number of aliphatic hydroxyl groups is 1. The normalized spacial score (nSPS) is 11.8. The molecule has 0 aliphatic heterocycles. The van der Waals surface area contributed by atoms with Gasteiger partial charge in [0.2, 0.25) is 5.91 Å². The molecule has 7 N–H and O–H groups in total. The Balaban J connectivity index is 1.64. The number of amides is 3. The summed E-state index contributed by atoms with van der Waals surface area (Å²) in [4.78, 5) is 52.4. The van der Waals surface area contributed by atoms with Gasteiger partial charge in [0.15, 0.2) is 0 Å². The number of aliphatic hydroxyl groups excluding tert-OH is 1. The van der Waals surface area contributed by atoms with Crippen LogP contribution in [0, 0.1) is 0 Å². The van der Waals surface area contributed by atoms with E-state index in [2.05, 4.69) is 20.6 Å². The Hall–Kier alpha value is -3.92. The number of hydrogen-bond acceptors (Lipinski definition) is 5. The van der Waals surface area contributed by atoms with Gasteiger partial charge in [0.25, 0.3) is 11.8 Å². The zero-order valence-corrected chi connectivity index (χ0v) is 15.2. The summed E-state index contributed by atoms with van der Waals surface area (Å²) in [5.41, 5.74) is 6.36. The average Bonchev–Trinajstić information content (AvgIpc) is 3.10. The van der Waals surface area contributed by atoms with Gasteiger partial charge in [-0.25, -0.2) is 4.79 Å². The molecule has 10 heteroatoms. The van der Waals surface area contributed by atoms with Crippen LogP contribution in [0.1, 0.15) is 31.1 Å². The van der Waals surface area contributed by atoms with Crippen molar-refractivity contribution in [2.45, 2.75) is 6.04 Å². The van der Waals surface area contributed by atoms with Crippen LogP contribution >= 0.6 is 0 Å². The zero-order chi connectivity index (χ0) is 21.0. The molecule has 1 heterocycles. The molecule has 3 amide bonds. The van der Waals surface area contributed by atoms with Gasteiger partial charge in [-0.1, -0.05) is 6.07 Å². The van der Waals surface area contributed by atoms with Crippen molar-refractivity contribution in [1.82, 2.24) is 20.6 Å². The van der Waals surface area contributed by atoms with Crippen LogP contribution in [0.15, 0.2) is 47.3 Å². The van der Waals surface area contributed by atoms with E-state index in [-0.39, 0.29) is 17.7 Å². The number of nitrogens with two attached hydrogens (primary N) is 1. The Morgan fingerprint density at radius 3 is 2.34 bits per heavy atom. The van der Waals surface area contributed by atoms with E-state index in [9.17, 15) is 24.3 Å². The minimum atomic E-state index is -0.753. The van der Waals surface area contributed by atoms with Crippen LogP contribution < -0.4 is 22.1 Å². The minimum absolute atomic E-state index is 0.0295. The second-order valence-electron chi connectivity index (χ2n) is 6.31. The highest BCUT2D eigenvalue weighted by atomic mass is 16.3. The van der Waals surface area contributed by atoms with Crippen LogP contribution in [-0.2, 0) is 0 Å². The number of aromatic nitrogens is 2. The van der Waals surface area contributed by atoms with E-state index >= 15 is 0 Å². The Labute approximate surface area is 164 Å². The van der Waals surface area contributed by atoms with Crippen molar-refractivity contribution >= 4 is 28.8 Å². The number of H-pyrrole nitrogens is 2. The molecule has 3 aromatic rings. The van der Waals surface area contributed by atoms with Crippen LogP contribution in [0.3, 0.4) is 0 Å². The molecule has 0 radical (unpaired) electrons. The van der Waals surface area contributed by atoms with E-state index in [1.54, 1.807) is 12.1 Å². The number of carbonyl (C=O) groups is 3. The Morgan fingerprint density at radius 2 is 1.69 bits per heavy atom. The van der Waals surface area contributed by atoms with Crippen LogP contribution in [-0.4, -0.2) is 52.0 Å². The molecule has 0 fully saturated rings. The van der Waals surface area contributed by atoms with Gasteiger partial charge in [-0.15, -0.1) is 0 Å². The van der Waals surface area contributed by atoms with E-state index in [0.717, 1.165) is 0 Å². The number of nitrogens with one attached hydrogen (secondary N) is 4. The number of hydrogen-bond donors (Lipinski definition) is 6. The van der Waals surface area contributed by atoms with Crippen molar-refractivity contribution in [2.75, 3.05) is 13.2 Å². The van der Waals surface area contributed by atoms with Gasteiger partial charge in [0, 0.05) is 17.7 Å². The molecule has 0 aliphatic rings. The first-order chi connectivity index (χ1) is 13.9. The highest BCUT2D eigenvalue weighted by Crippen LogP contribution is 2.13. The summed E-state index contributed by atoms with van der Waals surface area (Å²) in [6, 6.07) is 9.81. The standard InChI is InChI=1S/C19H19N5O5/c20-16(26)10-4-6-11(7-5-10)17(27)21-8-12(9-25)22-18(28)13-2-1-3-14-15(13)24-19(29)23-14/h1-7,12,25H,8-9H2,(H2,20,26)(H,21,27)(H,22,28)(H2,23,24,29)/t12-/m1/s1. The monoisotopic (exact) mass is 397 g/mol. The highest BCUT2D eigenvalue weighted by molar-refractivity contribution is 6.05. The van der Waals surface area contributed by atoms with Gasteiger partial charge >= 0.3 is 5.69 Å². The van der Waals surface area contributed by atoms with Crippen LogP contribution in [0.25, 0.3) is 11.0 Å². The first-order valence-electron chi connectivity index (χ1n) is 8.70. The van der Waals surface area contributed by atoms with Gasteiger partial charge < -0.3 is 31.4 Å². The lowest BCUT2D eigenvalue weighted by Gasteiger charge is -2.17. The molecule has 2 aromatic carbocycles. The number of para-hydroxylation sites is 1. The van der Waals surface area contributed by atoms with Crippen molar-refractivity contribution in [2.24, 2.45) is 5.73 Å². The molecule has 3 rings (SSSR count). The number of aromatic amines is 2. The molecule has 1 aromatic heterocycles. The molecule has 1 atom stereocenters. The fourth-order valence-electron chi connectivity index (χ4n) is 2.78. The van der Waals surface area contributed by atoms with E-state index in [1.807, 2.05) is 0 Å². The summed E-state index contributed by atoms with van der Waals surface area (Å²) in [6.45, 7) is -0.440. The maximum absolute atomic E-state index is 12.5. The lowest BCUT2D eigenvalue weighted by Crippen LogP contribution is -2.45. The van der Waals surface area contributed by atoms with Crippen molar-refractivity contribution in [3.05, 3.63) is 69.6 Å². The second-order valence-corrected chi connectivity index (χ2v) is 6.31. The quantitative estimate of drug-likeness (QED) is 0.314. The third kappa shape index (κ3) is 4.50. The number of carbonyl (C=O) groups excluding carboxylic acids is 3. The van der Waals surface area contributed by atoms with E-state index in [1.165, 1.54) is 30.3 Å². The maximum Gasteiger partial charge on any atom is 0.323 e.